The molecular weight excluding hydrogens is 316 g/mol. The van der Waals surface area contributed by atoms with Gasteiger partial charge in [0.05, 0.1) is 4.90 Å². The van der Waals surface area contributed by atoms with Gasteiger partial charge in [0, 0.05) is 23.6 Å². The topological polar surface area (TPSA) is 63.4 Å². The van der Waals surface area contributed by atoms with Gasteiger partial charge in [-0.1, -0.05) is 13.0 Å². The second-order valence-corrected chi connectivity index (χ2v) is 7.12. The minimum atomic E-state index is -3.42. The molecule has 1 aromatic rings. The lowest BCUT2D eigenvalue weighted by Crippen LogP contribution is -2.33. The number of nitrogens with two attached hydrogens (primary N) is 1. The molecule has 100 valence electrons. The van der Waals surface area contributed by atoms with E-state index in [0.717, 1.165) is 18.4 Å². The molecule has 0 aliphatic heterocycles. The third kappa shape index (κ3) is 2.61. The van der Waals surface area contributed by atoms with Gasteiger partial charge in [-0.3, -0.25) is 0 Å². The molecule has 0 radical (unpaired) electrons. The molecule has 1 aliphatic rings. The zero-order valence-corrected chi connectivity index (χ0v) is 12.7. The van der Waals surface area contributed by atoms with Gasteiger partial charge in [-0.15, -0.1) is 0 Å². The zero-order chi connectivity index (χ0) is 13.3. The Morgan fingerprint density at radius 2 is 2.11 bits per heavy atom. The standard InChI is InChI=1S/C12H17BrN2O2S/c1-2-15(10-4-5-10)18(16,17)12-7-9(8-14)3-6-11(12)13/h3,6-7,10H,2,4-5,8,14H2,1H3. The minimum absolute atomic E-state index is 0.174. The number of sulfonamides is 1. The Hall–Kier alpha value is -0.430. The van der Waals surface area contributed by atoms with Crippen LogP contribution in [0.2, 0.25) is 0 Å². The molecule has 0 aromatic heterocycles. The summed E-state index contributed by atoms with van der Waals surface area (Å²) in [7, 11) is -3.42. The molecule has 0 spiro atoms. The lowest BCUT2D eigenvalue weighted by atomic mass is 10.2. The normalized spacial score (nSPS) is 16.2. The Labute approximate surface area is 116 Å². The third-order valence-corrected chi connectivity index (χ3v) is 6.11. The monoisotopic (exact) mass is 332 g/mol. The molecule has 18 heavy (non-hydrogen) atoms. The van der Waals surface area contributed by atoms with Crippen molar-refractivity contribution in [1.29, 1.82) is 0 Å². The molecule has 0 bridgehead atoms. The Morgan fingerprint density at radius 1 is 1.44 bits per heavy atom. The van der Waals surface area contributed by atoms with Crippen LogP contribution in [-0.4, -0.2) is 25.3 Å². The highest BCUT2D eigenvalue weighted by Gasteiger charge is 2.37. The van der Waals surface area contributed by atoms with Crippen molar-refractivity contribution in [2.24, 2.45) is 5.73 Å². The van der Waals surface area contributed by atoms with Crippen molar-refractivity contribution >= 4 is 26.0 Å². The number of hydrogen-bond acceptors (Lipinski definition) is 3. The number of halogens is 1. The minimum Gasteiger partial charge on any atom is -0.326 e. The number of benzene rings is 1. The maximum Gasteiger partial charge on any atom is 0.244 e. The Morgan fingerprint density at radius 3 is 2.61 bits per heavy atom. The molecule has 2 rings (SSSR count). The van der Waals surface area contributed by atoms with Gasteiger partial charge in [0.2, 0.25) is 10.0 Å². The summed E-state index contributed by atoms with van der Waals surface area (Å²) in [5.41, 5.74) is 6.39. The summed E-state index contributed by atoms with van der Waals surface area (Å²) in [5, 5.41) is 0. The van der Waals surface area contributed by atoms with Gasteiger partial charge in [0.25, 0.3) is 0 Å². The second kappa shape index (κ2) is 5.28. The first kappa shape index (κ1) is 14.0. The van der Waals surface area contributed by atoms with Crippen LogP contribution in [0.1, 0.15) is 25.3 Å². The van der Waals surface area contributed by atoms with E-state index in [-0.39, 0.29) is 6.04 Å². The third-order valence-electron chi connectivity index (χ3n) is 3.08. The van der Waals surface area contributed by atoms with Gasteiger partial charge in [-0.2, -0.15) is 4.31 Å². The van der Waals surface area contributed by atoms with Crippen molar-refractivity contribution in [3.63, 3.8) is 0 Å². The summed E-state index contributed by atoms with van der Waals surface area (Å²) in [4.78, 5) is 0.319. The van der Waals surface area contributed by atoms with E-state index in [2.05, 4.69) is 15.9 Å². The molecule has 1 aliphatic carbocycles. The first-order valence-electron chi connectivity index (χ1n) is 6.01. The van der Waals surface area contributed by atoms with Crippen LogP contribution >= 0.6 is 15.9 Å². The van der Waals surface area contributed by atoms with E-state index in [0.29, 0.717) is 22.5 Å². The second-order valence-electron chi connectivity index (χ2n) is 4.41. The average molecular weight is 333 g/mol. The van der Waals surface area contributed by atoms with Crippen molar-refractivity contribution < 1.29 is 8.42 Å². The molecule has 2 N–H and O–H groups in total. The van der Waals surface area contributed by atoms with Crippen LogP contribution in [0.4, 0.5) is 0 Å². The van der Waals surface area contributed by atoms with E-state index < -0.39 is 10.0 Å². The van der Waals surface area contributed by atoms with Crippen molar-refractivity contribution in [2.75, 3.05) is 6.54 Å². The quantitative estimate of drug-likeness (QED) is 0.897. The van der Waals surface area contributed by atoms with Gasteiger partial charge in [0.1, 0.15) is 0 Å². The maximum absolute atomic E-state index is 12.6. The van der Waals surface area contributed by atoms with Crippen molar-refractivity contribution in [2.45, 2.75) is 37.2 Å². The molecule has 0 atom stereocenters. The maximum atomic E-state index is 12.6. The van der Waals surface area contributed by atoms with Crippen LogP contribution in [0.15, 0.2) is 27.6 Å². The van der Waals surface area contributed by atoms with Crippen LogP contribution in [-0.2, 0) is 16.6 Å². The predicted octanol–water partition coefficient (Wildman–Crippen LogP) is 2.08. The van der Waals surface area contributed by atoms with Crippen LogP contribution in [0.3, 0.4) is 0 Å². The van der Waals surface area contributed by atoms with Crippen molar-refractivity contribution in [1.82, 2.24) is 4.31 Å². The summed E-state index contributed by atoms with van der Waals surface area (Å²) >= 11 is 3.32. The molecule has 1 fully saturated rings. The smallest absolute Gasteiger partial charge is 0.244 e. The summed E-state index contributed by atoms with van der Waals surface area (Å²) in [5.74, 6) is 0. The molecule has 1 saturated carbocycles. The van der Waals surface area contributed by atoms with Crippen LogP contribution < -0.4 is 5.73 Å². The molecule has 4 nitrogen and oxygen atoms in total. The molecule has 0 unspecified atom stereocenters. The summed E-state index contributed by atoms with van der Waals surface area (Å²) < 4.78 is 27.4. The fourth-order valence-corrected chi connectivity index (χ4v) is 4.66. The summed E-state index contributed by atoms with van der Waals surface area (Å²) in [6.45, 7) is 2.72. The van der Waals surface area contributed by atoms with Gasteiger partial charge in [-0.05, 0) is 46.5 Å². The van der Waals surface area contributed by atoms with E-state index in [1.54, 1.807) is 16.4 Å². The first-order chi connectivity index (χ1) is 8.50. The summed E-state index contributed by atoms with van der Waals surface area (Å²) in [6, 6.07) is 5.41. The molecule has 0 amide bonds. The predicted molar refractivity (Wildman–Crippen MR) is 74.6 cm³/mol. The zero-order valence-electron chi connectivity index (χ0n) is 10.3. The molecular formula is C12H17BrN2O2S. The SMILES string of the molecule is CCN(C1CC1)S(=O)(=O)c1cc(CN)ccc1Br. The van der Waals surface area contributed by atoms with E-state index in [4.69, 9.17) is 5.73 Å². The van der Waals surface area contributed by atoms with E-state index in [9.17, 15) is 8.42 Å². The molecule has 6 heteroatoms. The van der Waals surface area contributed by atoms with Crippen LogP contribution in [0.25, 0.3) is 0 Å². The molecule has 0 saturated heterocycles. The van der Waals surface area contributed by atoms with E-state index >= 15 is 0 Å². The lowest BCUT2D eigenvalue weighted by Gasteiger charge is -2.21. The number of hydrogen-bond donors (Lipinski definition) is 1. The first-order valence-corrected chi connectivity index (χ1v) is 8.24. The van der Waals surface area contributed by atoms with Crippen molar-refractivity contribution in [3.8, 4) is 0 Å². The Kier molecular flexibility index (Phi) is 4.11. The highest BCUT2D eigenvalue weighted by Crippen LogP contribution is 2.34. The highest BCUT2D eigenvalue weighted by molar-refractivity contribution is 9.10. The van der Waals surface area contributed by atoms with E-state index in [1.807, 2.05) is 13.0 Å². The van der Waals surface area contributed by atoms with Crippen molar-refractivity contribution in [3.05, 3.63) is 28.2 Å². The average Bonchev–Trinajstić information content (AvgIpc) is 3.14. The fourth-order valence-electron chi connectivity index (χ4n) is 1.99. The van der Waals surface area contributed by atoms with Gasteiger partial charge >= 0.3 is 0 Å². The number of nitrogens with zero attached hydrogens (tertiary/aromatic N) is 1. The Bertz CT molecular complexity index is 541. The number of rotatable bonds is 5. The van der Waals surface area contributed by atoms with Gasteiger partial charge in [0.15, 0.2) is 0 Å². The van der Waals surface area contributed by atoms with Gasteiger partial charge < -0.3 is 5.73 Å². The Balaban J connectivity index is 2.45. The fraction of sp³-hybridized carbons (Fsp3) is 0.500. The van der Waals surface area contributed by atoms with Crippen LogP contribution in [0, 0.1) is 0 Å². The van der Waals surface area contributed by atoms with E-state index in [1.165, 1.54) is 0 Å². The molecule has 0 heterocycles. The van der Waals surface area contributed by atoms with Gasteiger partial charge in [-0.25, -0.2) is 8.42 Å². The highest BCUT2D eigenvalue weighted by atomic mass is 79.9. The van der Waals surface area contributed by atoms with Crippen LogP contribution in [0.5, 0.6) is 0 Å². The lowest BCUT2D eigenvalue weighted by molar-refractivity contribution is 0.420. The summed E-state index contributed by atoms with van der Waals surface area (Å²) in [6.07, 6.45) is 1.92. The largest absolute Gasteiger partial charge is 0.326 e. The molecule has 1 aromatic carbocycles.